The lowest BCUT2D eigenvalue weighted by Crippen LogP contribution is -1.86. The molecule has 0 amide bonds. The second-order valence-corrected chi connectivity index (χ2v) is 3.15. The zero-order chi connectivity index (χ0) is 8.43. The fourth-order valence-electron chi connectivity index (χ4n) is 0.860. The van der Waals surface area contributed by atoms with Crippen molar-refractivity contribution < 1.29 is 9.50 Å². The van der Waals surface area contributed by atoms with E-state index in [1.165, 1.54) is 18.2 Å². The molecule has 0 bridgehead atoms. The molecule has 1 aromatic carbocycles. The second kappa shape index (κ2) is 3.13. The zero-order valence-corrected chi connectivity index (χ0v) is 6.98. The Kier molecular flexibility index (Phi) is 2.39. The number of phenols is 1. The van der Waals surface area contributed by atoms with Crippen molar-refractivity contribution in [3.8, 4) is 5.75 Å². The summed E-state index contributed by atoms with van der Waals surface area (Å²) in [5.41, 5.74) is 0.522. The van der Waals surface area contributed by atoms with E-state index in [0.29, 0.717) is 5.56 Å². The smallest absolute Gasteiger partial charge is 0.123 e. The van der Waals surface area contributed by atoms with Crippen molar-refractivity contribution in [2.45, 2.75) is 12.2 Å². The van der Waals surface area contributed by atoms with Crippen LogP contribution in [0, 0.1) is 5.82 Å². The van der Waals surface area contributed by atoms with Gasteiger partial charge in [-0.1, -0.05) is 0 Å². The highest BCUT2D eigenvalue weighted by atomic mass is 32.1. The van der Waals surface area contributed by atoms with Crippen LogP contribution < -0.4 is 0 Å². The monoisotopic (exact) mass is 172 g/mol. The molecule has 60 valence electrons. The Morgan fingerprint density at radius 1 is 1.55 bits per heavy atom. The van der Waals surface area contributed by atoms with Crippen molar-refractivity contribution in [2.24, 2.45) is 0 Å². The molecule has 0 spiro atoms. The number of thiol groups is 1. The zero-order valence-electron chi connectivity index (χ0n) is 6.08. The lowest BCUT2D eigenvalue weighted by molar-refractivity contribution is 0.466. The standard InChI is InChI=1S/C8H9FOS/c1-5(11)7-4-6(9)2-3-8(7)10/h2-5,10-11H,1H3. The van der Waals surface area contributed by atoms with E-state index in [4.69, 9.17) is 0 Å². The Hall–Kier alpha value is -0.700. The van der Waals surface area contributed by atoms with E-state index in [1.807, 2.05) is 0 Å². The average molecular weight is 172 g/mol. The lowest BCUT2D eigenvalue weighted by Gasteiger charge is -2.06. The highest BCUT2D eigenvalue weighted by Crippen LogP contribution is 2.28. The van der Waals surface area contributed by atoms with Crippen LogP contribution in [0.15, 0.2) is 18.2 Å². The van der Waals surface area contributed by atoms with Gasteiger partial charge in [0.15, 0.2) is 0 Å². The lowest BCUT2D eigenvalue weighted by atomic mass is 10.1. The predicted octanol–water partition coefficient (Wildman–Crippen LogP) is 2.52. The number of rotatable bonds is 1. The van der Waals surface area contributed by atoms with Gasteiger partial charge in [-0.3, -0.25) is 0 Å². The minimum absolute atomic E-state index is 0.0916. The van der Waals surface area contributed by atoms with Gasteiger partial charge < -0.3 is 5.11 Å². The summed E-state index contributed by atoms with van der Waals surface area (Å²) in [6, 6.07) is 3.83. The largest absolute Gasteiger partial charge is 0.508 e. The van der Waals surface area contributed by atoms with Crippen molar-refractivity contribution in [1.82, 2.24) is 0 Å². The van der Waals surface area contributed by atoms with Crippen LogP contribution in [0.25, 0.3) is 0 Å². The van der Waals surface area contributed by atoms with Gasteiger partial charge in [0.2, 0.25) is 0 Å². The molecule has 0 aliphatic heterocycles. The fourth-order valence-corrected chi connectivity index (χ4v) is 1.07. The first-order valence-electron chi connectivity index (χ1n) is 3.27. The molecule has 0 aromatic heterocycles. The minimum atomic E-state index is -0.348. The van der Waals surface area contributed by atoms with Crippen LogP contribution in [0.1, 0.15) is 17.7 Å². The summed E-state index contributed by atoms with van der Waals surface area (Å²) >= 11 is 4.08. The molecule has 0 aliphatic carbocycles. The van der Waals surface area contributed by atoms with Gasteiger partial charge in [0, 0.05) is 10.8 Å². The van der Waals surface area contributed by atoms with E-state index in [1.54, 1.807) is 6.92 Å². The van der Waals surface area contributed by atoms with E-state index < -0.39 is 0 Å². The molecule has 1 N–H and O–H groups in total. The SMILES string of the molecule is CC(S)c1cc(F)ccc1O. The molecule has 3 heteroatoms. The molecule has 1 aromatic rings. The molecular weight excluding hydrogens is 163 g/mol. The topological polar surface area (TPSA) is 20.2 Å². The second-order valence-electron chi connectivity index (χ2n) is 2.38. The van der Waals surface area contributed by atoms with Crippen molar-refractivity contribution in [3.05, 3.63) is 29.6 Å². The van der Waals surface area contributed by atoms with Crippen molar-refractivity contribution in [3.63, 3.8) is 0 Å². The predicted molar refractivity (Wildman–Crippen MR) is 45.5 cm³/mol. The molecule has 0 aliphatic rings. The highest BCUT2D eigenvalue weighted by Gasteiger charge is 2.06. The molecule has 1 nitrogen and oxygen atoms in total. The fraction of sp³-hybridized carbons (Fsp3) is 0.250. The van der Waals surface area contributed by atoms with Crippen LogP contribution in [-0.4, -0.2) is 5.11 Å². The van der Waals surface area contributed by atoms with Crippen LogP contribution in [0.2, 0.25) is 0 Å². The quantitative estimate of drug-likeness (QED) is 0.624. The number of hydrogen-bond acceptors (Lipinski definition) is 2. The number of halogens is 1. The van der Waals surface area contributed by atoms with Gasteiger partial charge in [0.05, 0.1) is 0 Å². The van der Waals surface area contributed by atoms with Crippen LogP contribution in [-0.2, 0) is 0 Å². The first-order chi connectivity index (χ1) is 5.11. The average Bonchev–Trinajstić information content (AvgIpc) is 1.94. The summed E-state index contributed by atoms with van der Waals surface area (Å²) in [7, 11) is 0. The van der Waals surface area contributed by atoms with Gasteiger partial charge in [-0.05, 0) is 25.1 Å². The molecule has 0 saturated heterocycles. The third-order valence-electron chi connectivity index (χ3n) is 1.44. The van der Waals surface area contributed by atoms with E-state index in [9.17, 15) is 9.50 Å². The summed E-state index contributed by atoms with van der Waals surface area (Å²) in [5.74, 6) is -0.257. The van der Waals surface area contributed by atoms with Gasteiger partial charge in [-0.2, -0.15) is 12.6 Å². The van der Waals surface area contributed by atoms with Crippen LogP contribution in [0.5, 0.6) is 5.75 Å². The molecule has 0 fully saturated rings. The minimum Gasteiger partial charge on any atom is -0.508 e. The molecular formula is C8H9FOS. The van der Waals surface area contributed by atoms with Crippen molar-refractivity contribution >= 4 is 12.6 Å². The molecule has 1 unspecified atom stereocenters. The van der Waals surface area contributed by atoms with Crippen LogP contribution in [0.4, 0.5) is 4.39 Å². The molecule has 1 rings (SSSR count). The molecule has 0 heterocycles. The van der Waals surface area contributed by atoms with Gasteiger partial charge in [-0.15, -0.1) is 0 Å². The maximum Gasteiger partial charge on any atom is 0.123 e. The van der Waals surface area contributed by atoms with Gasteiger partial charge in [-0.25, -0.2) is 4.39 Å². The summed E-state index contributed by atoms with van der Waals surface area (Å²) in [6.07, 6.45) is 0. The van der Waals surface area contributed by atoms with Crippen LogP contribution >= 0.6 is 12.6 Å². The number of benzene rings is 1. The summed E-state index contributed by atoms with van der Waals surface area (Å²) in [6.45, 7) is 1.78. The van der Waals surface area contributed by atoms with Crippen LogP contribution in [0.3, 0.4) is 0 Å². The maximum absolute atomic E-state index is 12.6. The summed E-state index contributed by atoms with van der Waals surface area (Å²) in [5, 5.41) is 9.04. The normalized spacial score (nSPS) is 13.0. The number of aromatic hydroxyl groups is 1. The molecule has 0 radical (unpaired) electrons. The Bertz CT molecular complexity index is 260. The molecule has 1 atom stereocenters. The van der Waals surface area contributed by atoms with Crippen molar-refractivity contribution in [1.29, 1.82) is 0 Å². The molecule has 0 saturated carbocycles. The Balaban J connectivity index is 3.13. The van der Waals surface area contributed by atoms with E-state index in [-0.39, 0.29) is 16.8 Å². The van der Waals surface area contributed by atoms with Gasteiger partial charge in [0.25, 0.3) is 0 Å². The maximum atomic E-state index is 12.6. The third-order valence-corrected chi connectivity index (χ3v) is 1.72. The summed E-state index contributed by atoms with van der Waals surface area (Å²) < 4.78 is 12.6. The van der Waals surface area contributed by atoms with Gasteiger partial charge in [0.1, 0.15) is 11.6 Å². The first kappa shape index (κ1) is 8.40. The Morgan fingerprint density at radius 3 is 2.64 bits per heavy atom. The van der Waals surface area contributed by atoms with E-state index in [0.717, 1.165) is 0 Å². The number of phenolic OH excluding ortho intramolecular Hbond substituents is 1. The highest BCUT2D eigenvalue weighted by molar-refractivity contribution is 7.80. The third kappa shape index (κ3) is 1.87. The number of hydrogen-bond donors (Lipinski definition) is 2. The Morgan fingerprint density at radius 2 is 2.18 bits per heavy atom. The molecule has 11 heavy (non-hydrogen) atoms. The summed E-state index contributed by atoms with van der Waals surface area (Å²) in [4.78, 5) is 0. The van der Waals surface area contributed by atoms with Crippen molar-refractivity contribution in [2.75, 3.05) is 0 Å². The first-order valence-corrected chi connectivity index (χ1v) is 3.79. The van der Waals surface area contributed by atoms with E-state index in [2.05, 4.69) is 12.6 Å². The van der Waals surface area contributed by atoms with E-state index >= 15 is 0 Å². The van der Waals surface area contributed by atoms with Gasteiger partial charge >= 0.3 is 0 Å². The Labute approximate surface area is 70.3 Å².